The van der Waals surface area contributed by atoms with E-state index in [1.54, 1.807) is 18.2 Å². The zero-order valence-corrected chi connectivity index (χ0v) is 27.4. The summed E-state index contributed by atoms with van der Waals surface area (Å²) >= 11 is 12.5. The predicted molar refractivity (Wildman–Crippen MR) is 169 cm³/mol. The molecule has 0 aliphatic carbocycles. The van der Waals surface area contributed by atoms with Crippen LogP contribution in [0, 0.1) is 0 Å². The van der Waals surface area contributed by atoms with E-state index < -0.39 is 46.8 Å². The lowest BCUT2D eigenvalue weighted by Gasteiger charge is -2.39. The average Bonchev–Trinajstić information content (AvgIpc) is 3.03. The fourth-order valence-corrected chi connectivity index (χ4v) is 5.85. The van der Waals surface area contributed by atoms with E-state index in [2.05, 4.69) is 10.1 Å². The third-order valence-corrected chi connectivity index (χ3v) is 8.90. The normalized spacial score (nSPS) is 16.4. The molecule has 0 aromatic heterocycles. The van der Waals surface area contributed by atoms with E-state index in [-0.39, 0.29) is 17.6 Å². The Morgan fingerprint density at radius 3 is 2.10 bits per heavy atom. The molecule has 1 amide bonds. The van der Waals surface area contributed by atoms with Crippen LogP contribution in [-0.2, 0) is 22.8 Å². The summed E-state index contributed by atoms with van der Waals surface area (Å²) in [6, 6.07) is 15.0. The van der Waals surface area contributed by atoms with Crippen molar-refractivity contribution in [2.75, 3.05) is 40.3 Å². The lowest BCUT2D eigenvalue weighted by atomic mass is 9.84. The lowest BCUT2D eigenvalue weighted by molar-refractivity contribution is -0.143. The summed E-state index contributed by atoms with van der Waals surface area (Å²) in [7, 11) is 2.55. The molecule has 1 heterocycles. The van der Waals surface area contributed by atoms with Crippen LogP contribution in [0.5, 0.6) is 5.75 Å². The van der Waals surface area contributed by atoms with Gasteiger partial charge >= 0.3 is 18.4 Å². The van der Waals surface area contributed by atoms with E-state index in [1.165, 1.54) is 14.2 Å². The molecule has 1 atom stereocenters. The highest BCUT2D eigenvalue weighted by molar-refractivity contribution is 6.42. The van der Waals surface area contributed by atoms with Crippen LogP contribution < -0.4 is 4.74 Å². The van der Waals surface area contributed by atoms with Crippen molar-refractivity contribution < 1.29 is 45.8 Å². The molecule has 1 aliphatic heterocycles. The van der Waals surface area contributed by atoms with E-state index in [0.717, 1.165) is 10.5 Å². The maximum absolute atomic E-state index is 13.3. The van der Waals surface area contributed by atoms with Crippen LogP contribution in [0.1, 0.15) is 47.4 Å². The van der Waals surface area contributed by atoms with Crippen molar-refractivity contribution in [3.63, 3.8) is 0 Å². The van der Waals surface area contributed by atoms with Crippen LogP contribution in [0.15, 0.2) is 71.9 Å². The molecule has 3 aromatic rings. The van der Waals surface area contributed by atoms with Gasteiger partial charge in [0.2, 0.25) is 0 Å². The maximum atomic E-state index is 13.3. The molecule has 3 aromatic carbocycles. The standard InChI is InChI=1S/C33H33Cl2F6N3O4/c1-43(30(45)48-25-18-23(32(36,37)38)17-24(19-25)33(39,40)41)20-29(42-47-2)26(21-8-9-27(34)28(35)16-21)10-13-44-14-11-31(46,12-15-44)22-6-4-3-5-7-22/h3-9,16-19,26,46H,10-15,20H2,1-2H3/b42-29-. The summed E-state index contributed by atoms with van der Waals surface area (Å²) in [6.07, 6.45) is -10.0. The zero-order chi connectivity index (χ0) is 35.3. The summed E-state index contributed by atoms with van der Waals surface area (Å²) in [4.78, 5) is 21.2. The Kier molecular flexibility index (Phi) is 11.9. The van der Waals surface area contributed by atoms with Crippen molar-refractivity contribution in [1.29, 1.82) is 0 Å². The predicted octanol–water partition coefficient (Wildman–Crippen LogP) is 8.62. The Hall–Kier alpha value is -3.52. The van der Waals surface area contributed by atoms with Gasteiger partial charge in [0.05, 0.1) is 39.0 Å². The number of likely N-dealkylation sites (tertiary alicyclic amines) is 1. The summed E-state index contributed by atoms with van der Waals surface area (Å²) in [5.41, 5.74) is -2.37. The molecule has 15 heteroatoms. The highest BCUT2D eigenvalue weighted by Gasteiger charge is 2.38. The molecular weight excluding hydrogens is 687 g/mol. The largest absolute Gasteiger partial charge is 0.416 e. The number of benzene rings is 3. The third-order valence-electron chi connectivity index (χ3n) is 8.16. The quantitative estimate of drug-likeness (QED) is 0.129. The van der Waals surface area contributed by atoms with Crippen molar-refractivity contribution in [1.82, 2.24) is 9.80 Å². The molecule has 1 aliphatic rings. The molecule has 260 valence electrons. The summed E-state index contributed by atoms with van der Waals surface area (Å²) in [5, 5.41) is 16.0. The van der Waals surface area contributed by atoms with Gasteiger partial charge in [0.1, 0.15) is 12.9 Å². The Morgan fingerprint density at radius 1 is 0.958 bits per heavy atom. The molecule has 0 radical (unpaired) electrons. The minimum atomic E-state index is -5.12. The van der Waals surface area contributed by atoms with E-state index in [9.17, 15) is 36.2 Å². The first-order valence-corrected chi connectivity index (χ1v) is 15.5. The molecule has 0 spiro atoms. The second kappa shape index (κ2) is 15.4. The number of oxime groups is 1. The van der Waals surface area contributed by atoms with Crippen LogP contribution in [0.2, 0.25) is 10.0 Å². The Labute approximate surface area is 283 Å². The Morgan fingerprint density at radius 2 is 1.56 bits per heavy atom. The van der Waals surface area contributed by atoms with Gasteiger partial charge in [0.25, 0.3) is 0 Å². The fraction of sp³-hybridized carbons (Fsp3) is 0.394. The van der Waals surface area contributed by atoms with Gasteiger partial charge in [-0.25, -0.2) is 4.79 Å². The third kappa shape index (κ3) is 9.55. The number of rotatable bonds is 10. The maximum Gasteiger partial charge on any atom is 0.416 e. The molecule has 1 N–H and O–H groups in total. The number of aliphatic hydroxyl groups is 1. The number of hydrogen-bond acceptors (Lipinski definition) is 6. The Balaban J connectivity index is 1.52. The SMILES string of the molecule is CO/N=C(/CN(C)C(=O)Oc1cc(C(F)(F)F)cc(C(F)(F)F)c1)C(CCN1CCC(O)(c2ccccc2)CC1)c1ccc(Cl)c(Cl)c1. The van der Waals surface area contributed by atoms with Crippen molar-refractivity contribution in [3.8, 4) is 5.75 Å². The second-order valence-electron chi connectivity index (χ2n) is 11.5. The van der Waals surface area contributed by atoms with E-state index in [0.29, 0.717) is 67.3 Å². The van der Waals surface area contributed by atoms with Crippen LogP contribution in [0.4, 0.5) is 31.1 Å². The van der Waals surface area contributed by atoms with Crippen LogP contribution >= 0.6 is 23.2 Å². The summed E-state index contributed by atoms with van der Waals surface area (Å²) in [6.45, 7) is 1.46. The molecule has 48 heavy (non-hydrogen) atoms. The molecule has 1 unspecified atom stereocenters. The minimum absolute atomic E-state index is 0.0587. The second-order valence-corrected chi connectivity index (χ2v) is 12.3. The molecule has 7 nitrogen and oxygen atoms in total. The fourth-order valence-electron chi connectivity index (χ4n) is 5.54. The average molecular weight is 721 g/mol. The number of halogens is 8. The zero-order valence-electron chi connectivity index (χ0n) is 25.9. The van der Waals surface area contributed by atoms with Gasteiger partial charge in [-0.1, -0.05) is 64.8 Å². The molecule has 1 saturated heterocycles. The minimum Gasteiger partial charge on any atom is -0.410 e. The van der Waals surface area contributed by atoms with Crippen molar-refractivity contribution in [2.24, 2.45) is 5.16 Å². The number of nitrogens with zero attached hydrogens (tertiary/aromatic N) is 3. The van der Waals surface area contributed by atoms with Crippen molar-refractivity contribution in [2.45, 2.75) is 43.1 Å². The van der Waals surface area contributed by atoms with Crippen LogP contribution in [0.25, 0.3) is 0 Å². The monoisotopic (exact) mass is 719 g/mol. The lowest BCUT2D eigenvalue weighted by Crippen LogP contribution is -2.43. The topological polar surface area (TPSA) is 74.6 Å². The number of ether oxygens (including phenoxy) is 1. The van der Waals surface area contributed by atoms with Crippen molar-refractivity contribution in [3.05, 3.63) is 99.0 Å². The van der Waals surface area contributed by atoms with E-state index in [4.69, 9.17) is 32.8 Å². The van der Waals surface area contributed by atoms with Gasteiger partial charge < -0.3 is 24.5 Å². The van der Waals surface area contributed by atoms with Crippen LogP contribution in [0.3, 0.4) is 0 Å². The first-order chi connectivity index (χ1) is 22.5. The molecule has 0 bridgehead atoms. The van der Waals surface area contributed by atoms with Crippen molar-refractivity contribution >= 4 is 35.0 Å². The van der Waals surface area contributed by atoms with Gasteiger partial charge in [-0.3, -0.25) is 0 Å². The molecule has 0 saturated carbocycles. The van der Waals surface area contributed by atoms with Gasteiger partial charge in [-0.05, 0) is 67.3 Å². The summed E-state index contributed by atoms with van der Waals surface area (Å²) in [5.74, 6) is -1.45. The number of carbonyl (C=O) groups is 1. The van der Waals surface area contributed by atoms with Gasteiger partial charge in [-0.2, -0.15) is 26.3 Å². The molecule has 1 fully saturated rings. The number of amides is 1. The van der Waals surface area contributed by atoms with Gasteiger partial charge in [0.15, 0.2) is 0 Å². The number of piperidine rings is 1. The highest BCUT2D eigenvalue weighted by atomic mass is 35.5. The van der Waals surface area contributed by atoms with E-state index in [1.807, 2.05) is 30.3 Å². The first-order valence-electron chi connectivity index (χ1n) is 14.8. The number of hydrogen-bond donors (Lipinski definition) is 1. The van der Waals surface area contributed by atoms with Gasteiger partial charge in [-0.15, -0.1) is 0 Å². The smallest absolute Gasteiger partial charge is 0.410 e. The van der Waals surface area contributed by atoms with Gasteiger partial charge in [0, 0.05) is 26.1 Å². The first kappa shape index (κ1) is 37.3. The van der Waals surface area contributed by atoms with E-state index >= 15 is 0 Å². The highest BCUT2D eigenvalue weighted by Crippen LogP contribution is 2.39. The molecule has 4 rings (SSSR count). The molecular formula is C33H33Cl2F6N3O4. The Bertz CT molecular complexity index is 1560. The number of alkyl halides is 6. The van der Waals surface area contributed by atoms with Crippen LogP contribution in [-0.4, -0.2) is 67.0 Å². The summed E-state index contributed by atoms with van der Waals surface area (Å²) < 4.78 is 85.0. The number of carbonyl (C=O) groups excluding carboxylic acids is 1.